The molecule has 1 aromatic carbocycles. The van der Waals surface area contributed by atoms with Gasteiger partial charge in [-0.3, -0.25) is 0 Å². The molecule has 0 saturated heterocycles. The average molecular weight is 393 g/mol. The number of rotatable bonds is 7. The molecular weight excluding hydrogens is 367 g/mol. The monoisotopic (exact) mass is 392 g/mol. The number of esters is 1. The summed E-state index contributed by atoms with van der Waals surface area (Å²) in [5.74, 6) is -0.112. The van der Waals surface area contributed by atoms with Gasteiger partial charge in [-0.25, -0.2) is 4.79 Å². The van der Waals surface area contributed by atoms with Gasteiger partial charge in [0.2, 0.25) is 0 Å². The van der Waals surface area contributed by atoms with Crippen LogP contribution in [0.3, 0.4) is 0 Å². The molecule has 0 spiro atoms. The molecule has 0 saturated carbocycles. The number of carbonyl (C=O) groups is 1. The Hall–Kier alpha value is -0.753. The van der Waals surface area contributed by atoms with E-state index in [0.29, 0.717) is 24.5 Å². The van der Waals surface area contributed by atoms with Gasteiger partial charge in [-0.15, -0.1) is 0 Å². The summed E-state index contributed by atoms with van der Waals surface area (Å²) in [4.78, 5) is 11.7. The second kappa shape index (κ2) is 8.56. The molecule has 0 heterocycles. The zero-order valence-electron chi connectivity index (χ0n) is 15.2. The van der Waals surface area contributed by atoms with Gasteiger partial charge >= 0.3 is 5.97 Å². The Morgan fingerprint density at radius 3 is 2.12 bits per heavy atom. The number of hydrogen-bond acceptors (Lipinski definition) is 4. The number of ether oxygens (including phenoxy) is 2. The van der Waals surface area contributed by atoms with Crippen LogP contribution >= 0.6 is 23.2 Å². The lowest BCUT2D eigenvalue weighted by Crippen LogP contribution is -2.41. The Bertz CT molecular complexity index is 559. The summed E-state index contributed by atoms with van der Waals surface area (Å²) in [6.45, 7) is 13.7. The van der Waals surface area contributed by atoms with Gasteiger partial charge < -0.3 is 13.9 Å². The van der Waals surface area contributed by atoms with Crippen molar-refractivity contribution in [3.05, 3.63) is 27.7 Å². The molecule has 136 valence electrons. The van der Waals surface area contributed by atoms with Crippen LogP contribution in [0.5, 0.6) is 5.75 Å². The molecule has 24 heavy (non-hydrogen) atoms. The van der Waals surface area contributed by atoms with Crippen molar-refractivity contribution in [1.82, 2.24) is 0 Å². The highest BCUT2D eigenvalue weighted by Gasteiger charge is 2.36. The average Bonchev–Trinajstić information content (AvgIpc) is 2.44. The summed E-state index contributed by atoms with van der Waals surface area (Å²) in [6, 6.07) is 2.99. The van der Waals surface area contributed by atoms with Crippen LogP contribution in [0.4, 0.5) is 0 Å². The van der Waals surface area contributed by atoms with E-state index >= 15 is 0 Å². The predicted molar refractivity (Wildman–Crippen MR) is 101 cm³/mol. The number of benzene rings is 1. The van der Waals surface area contributed by atoms with Gasteiger partial charge in [0.15, 0.2) is 14.1 Å². The minimum absolute atomic E-state index is 0.142. The fourth-order valence-electron chi connectivity index (χ4n) is 1.69. The van der Waals surface area contributed by atoms with Crippen molar-refractivity contribution in [2.24, 2.45) is 0 Å². The molecule has 0 bridgehead atoms. The maximum Gasteiger partial charge on any atom is 0.338 e. The van der Waals surface area contributed by atoms with Crippen molar-refractivity contribution in [3.63, 3.8) is 0 Å². The van der Waals surface area contributed by atoms with Crippen molar-refractivity contribution in [2.45, 2.75) is 45.8 Å². The highest BCUT2D eigenvalue weighted by molar-refractivity contribution is 6.74. The standard InChI is InChI=1S/C17H26Cl2O4Si/c1-7-21-16(20)12-10-13(18)15(14(19)11-12)22-8-9-23-24(5,6)17(2,3)4/h10-11H,7-9H2,1-6H3. The Balaban J connectivity index is 2.68. The quantitative estimate of drug-likeness (QED) is 0.345. The molecule has 0 N–H and O–H groups in total. The third kappa shape index (κ3) is 5.65. The summed E-state index contributed by atoms with van der Waals surface area (Å²) < 4.78 is 16.6. The zero-order chi connectivity index (χ0) is 18.5. The van der Waals surface area contributed by atoms with E-state index in [0.717, 1.165) is 0 Å². The summed E-state index contributed by atoms with van der Waals surface area (Å²) in [5, 5.41) is 0.694. The van der Waals surface area contributed by atoms with E-state index in [1.54, 1.807) is 6.92 Å². The van der Waals surface area contributed by atoms with Crippen LogP contribution in [-0.2, 0) is 9.16 Å². The fraction of sp³-hybridized carbons (Fsp3) is 0.588. The Labute approximate surface area is 155 Å². The molecule has 0 fully saturated rings. The van der Waals surface area contributed by atoms with Crippen LogP contribution in [0.25, 0.3) is 0 Å². The van der Waals surface area contributed by atoms with Crippen molar-refractivity contribution < 1.29 is 18.7 Å². The molecule has 0 aromatic heterocycles. The van der Waals surface area contributed by atoms with Gasteiger partial charge in [-0.1, -0.05) is 44.0 Å². The zero-order valence-corrected chi connectivity index (χ0v) is 17.7. The third-order valence-electron chi connectivity index (χ3n) is 4.11. The molecule has 1 rings (SSSR count). The molecule has 4 nitrogen and oxygen atoms in total. The first-order valence-corrected chi connectivity index (χ1v) is 11.6. The molecule has 0 unspecified atom stereocenters. The third-order valence-corrected chi connectivity index (χ3v) is 9.21. The minimum Gasteiger partial charge on any atom is -0.488 e. The summed E-state index contributed by atoms with van der Waals surface area (Å²) in [7, 11) is -1.81. The van der Waals surface area contributed by atoms with E-state index in [1.165, 1.54) is 12.1 Å². The first kappa shape index (κ1) is 21.3. The molecule has 7 heteroatoms. The predicted octanol–water partition coefficient (Wildman–Crippen LogP) is 5.57. The maximum atomic E-state index is 11.7. The van der Waals surface area contributed by atoms with Gasteiger partial charge in [0.05, 0.1) is 28.8 Å². The van der Waals surface area contributed by atoms with Gasteiger partial charge in [0.25, 0.3) is 0 Å². The van der Waals surface area contributed by atoms with E-state index in [-0.39, 0.29) is 21.7 Å². The molecule has 0 radical (unpaired) electrons. The summed E-state index contributed by atoms with van der Waals surface area (Å²) in [5.41, 5.74) is 0.303. The smallest absolute Gasteiger partial charge is 0.338 e. The summed E-state index contributed by atoms with van der Waals surface area (Å²) in [6.07, 6.45) is 0. The molecule has 0 atom stereocenters. The maximum absolute atomic E-state index is 11.7. The highest BCUT2D eigenvalue weighted by atomic mass is 35.5. The van der Waals surface area contributed by atoms with Gasteiger partial charge in [-0.2, -0.15) is 0 Å². The van der Waals surface area contributed by atoms with Crippen LogP contribution < -0.4 is 4.74 Å². The van der Waals surface area contributed by atoms with Crippen LogP contribution in [-0.4, -0.2) is 34.1 Å². The first-order valence-electron chi connectivity index (χ1n) is 7.92. The highest BCUT2D eigenvalue weighted by Crippen LogP contribution is 2.37. The van der Waals surface area contributed by atoms with Crippen LogP contribution in [0, 0.1) is 0 Å². The lowest BCUT2D eigenvalue weighted by atomic mass is 10.2. The molecule has 0 aliphatic carbocycles. The van der Waals surface area contributed by atoms with E-state index < -0.39 is 14.3 Å². The van der Waals surface area contributed by atoms with Crippen molar-refractivity contribution >= 4 is 37.5 Å². The first-order chi connectivity index (χ1) is 11.0. The molecule has 0 aliphatic rings. The number of carbonyl (C=O) groups excluding carboxylic acids is 1. The normalized spacial score (nSPS) is 12.2. The van der Waals surface area contributed by atoms with Gasteiger partial charge in [0.1, 0.15) is 6.61 Å². The largest absolute Gasteiger partial charge is 0.488 e. The molecule has 1 aromatic rings. The minimum atomic E-state index is -1.81. The summed E-state index contributed by atoms with van der Waals surface area (Å²) >= 11 is 12.3. The van der Waals surface area contributed by atoms with Crippen molar-refractivity contribution in [1.29, 1.82) is 0 Å². The molecule has 0 aliphatic heterocycles. The van der Waals surface area contributed by atoms with Crippen molar-refractivity contribution in [2.75, 3.05) is 19.8 Å². The topological polar surface area (TPSA) is 44.8 Å². The lowest BCUT2D eigenvalue weighted by Gasteiger charge is -2.36. The number of halogens is 2. The second-order valence-electron chi connectivity index (χ2n) is 6.95. The van der Waals surface area contributed by atoms with Crippen LogP contribution in [0.15, 0.2) is 12.1 Å². The Kier molecular flexibility index (Phi) is 7.60. The Morgan fingerprint density at radius 2 is 1.67 bits per heavy atom. The van der Waals surface area contributed by atoms with E-state index in [1.807, 2.05) is 0 Å². The molecule has 0 amide bonds. The molecular formula is C17H26Cl2O4Si. The lowest BCUT2D eigenvalue weighted by molar-refractivity contribution is 0.0526. The van der Waals surface area contributed by atoms with Crippen molar-refractivity contribution in [3.8, 4) is 5.75 Å². The SMILES string of the molecule is CCOC(=O)c1cc(Cl)c(OCCO[Si](C)(C)C(C)(C)C)c(Cl)c1. The van der Waals surface area contributed by atoms with E-state index in [2.05, 4.69) is 33.9 Å². The number of hydrogen-bond donors (Lipinski definition) is 0. The Morgan fingerprint density at radius 1 is 1.12 bits per heavy atom. The fourth-order valence-corrected chi connectivity index (χ4v) is 3.31. The van der Waals surface area contributed by atoms with Gasteiger partial charge in [0, 0.05) is 0 Å². The van der Waals surface area contributed by atoms with Crippen LogP contribution in [0.1, 0.15) is 38.1 Å². The van der Waals surface area contributed by atoms with E-state index in [9.17, 15) is 4.79 Å². The van der Waals surface area contributed by atoms with Crippen LogP contribution in [0.2, 0.25) is 28.2 Å². The second-order valence-corrected chi connectivity index (χ2v) is 12.6. The van der Waals surface area contributed by atoms with Gasteiger partial charge in [-0.05, 0) is 37.2 Å². The van der Waals surface area contributed by atoms with E-state index in [4.69, 9.17) is 37.1 Å².